The van der Waals surface area contributed by atoms with Crippen LogP contribution in [0.5, 0.6) is 0 Å². The van der Waals surface area contributed by atoms with Gasteiger partial charge in [-0.3, -0.25) is 14.4 Å². The molecule has 146 valence electrons. The van der Waals surface area contributed by atoms with E-state index in [0.717, 1.165) is 5.56 Å². The van der Waals surface area contributed by atoms with E-state index in [-0.39, 0.29) is 23.6 Å². The molecule has 0 unspecified atom stereocenters. The predicted octanol–water partition coefficient (Wildman–Crippen LogP) is 0.223. The number of rotatable bonds is 5. The number of hydrogen-bond acceptors (Lipinski definition) is 4. The van der Waals surface area contributed by atoms with Gasteiger partial charge in [0.25, 0.3) is 0 Å². The van der Waals surface area contributed by atoms with E-state index in [1.54, 1.807) is 4.90 Å². The summed E-state index contributed by atoms with van der Waals surface area (Å²) in [6, 6.07) is 9.38. The third kappa shape index (κ3) is 5.29. The van der Waals surface area contributed by atoms with Crippen LogP contribution in [0.25, 0.3) is 0 Å². The lowest BCUT2D eigenvalue weighted by atomic mass is 10.1. The Labute approximate surface area is 159 Å². The first kappa shape index (κ1) is 19.4. The van der Waals surface area contributed by atoms with Gasteiger partial charge in [-0.1, -0.05) is 30.3 Å². The predicted molar refractivity (Wildman–Crippen MR) is 99.6 cm³/mol. The van der Waals surface area contributed by atoms with Crippen LogP contribution in [0.3, 0.4) is 0 Å². The van der Waals surface area contributed by atoms with E-state index < -0.39 is 12.1 Å². The maximum absolute atomic E-state index is 12.7. The normalized spacial score (nSPS) is 25.6. The molecular weight excluding hydrogens is 346 g/mol. The molecule has 1 aliphatic carbocycles. The van der Waals surface area contributed by atoms with Crippen molar-refractivity contribution >= 4 is 17.7 Å². The van der Waals surface area contributed by atoms with Gasteiger partial charge in [-0.15, -0.1) is 0 Å². The third-order valence-electron chi connectivity index (χ3n) is 5.33. The first-order valence-corrected chi connectivity index (χ1v) is 9.60. The van der Waals surface area contributed by atoms with Crippen LogP contribution in [0, 0.1) is 5.92 Å². The van der Waals surface area contributed by atoms with Crippen molar-refractivity contribution in [1.82, 2.24) is 15.5 Å². The Bertz CT molecular complexity index is 679. The number of aryl methyl sites for hydroxylation is 1. The lowest BCUT2D eigenvalue weighted by Gasteiger charge is -2.23. The Morgan fingerprint density at radius 1 is 1.19 bits per heavy atom. The smallest absolute Gasteiger partial charge is 0.225 e. The van der Waals surface area contributed by atoms with Crippen molar-refractivity contribution in [2.24, 2.45) is 5.92 Å². The Morgan fingerprint density at radius 2 is 1.96 bits per heavy atom. The Kier molecular flexibility index (Phi) is 6.45. The van der Waals surface area contributed by atoms with E-state index in [4.69, 9.17) is 0 Å². The lowest BCUT2D eigenvalue weighted by Crippen LogP contribution is -2.40. The average Bonchev–Trinajstić information content (AvgIpc) is 2.88. The maximum Gasteiger partial charge on any atom is 0.225 e. The van der Waals surface area contributed by atoms with Gasteiger partial charge >= 0.3 is 0 Å². The monoisotopic (exact) mass is 373 g/mol. The zero-order valence-electron chi connectivity index (χ0n) is 15.4. The number of amides is 3. The second kappa shape index (κ2) is 8.99. The van der Waals surface area contributed by atoms with E-state index in [2.05, 4.69) is 10.6 Å². The van der Waals surface area contributed by atoms with Crippen LogP contribution in [0.2, 0.25) is 0 Å². The minimum absolute atomic E-state index is 0.0356. The second-order valence-corrected chi connectivity index (χ2v) is 7.32. The number of hydrogen-bond donors (Lipinski definition) is 3. The molecule has 7 heteroatoms. The summed E-state index contributed by atoms with van der Waals surface area (Å²) < 4.78 is 0. The van der Waals surface area contributed by atoms with E-state index in [0.29, 0.717) is 51.7 Å². The molecule has 1 aromatic rings. The van der Waals surface area contributed by atoms with Gasteiger partial charge in [0.1, 0.15) is 0 Å². The zero-order valence-corrected chi connectivity index (χ0v) is 15.4. The summed E-state index contributed by atoms with van der Waals surface area (Å²) >= 11 is 0. The van der Waals surface area contributed by atoms with Crippen LogP contribution in [0.1, 0.15) is 31.2 Å². The topological polar surface area (TPSA) is 98.7 Å². The van der Waals surface area contributed by atoms with Gasteiger partial charge in [-0.25, -0.2) is 0 Å². The van der Waals surface area contributed by atoms with E-state index in [1.807, 2.05) is 30.3 Å². The quantitative estimate of drug-likeness (QED) is 0.688. The summed E-state index contributed by atoms with van der Waals surface area (Å²) in [5.41, 5.74) is 1.09. The SMILES string of the molecule is O=C1CCN(C(=O)[C@@H]2C[C@@H](O)[C@H](NC(=O)CCc3ccccc3)C2)CCN1. The molecule has 3 rings (SSSR count). The molecule has 3 N–H and O–H groups in total. The molecule has 3 atom stereocenters. The van der Waals surface area contributed by atoms with Gasteiger partial charge in [-0.2, -0.15) is 0 Å². The molecule has 0 aromatic heterocycles. The third-order valence-corrected chi connectivity index (χ3v) is 5.33. The van der Waals surface area contributed by atoms with Gasteiger partial charge in [0.2, 0.25) is 17.7 Å². The van der Waals surface area contributed by atoms with Gasteiger partial charge in [0.15, 0.2) is 0 Å². The standard InChI is InChI=1S/C20H27N3O4/c24-17-13-15(20(27)23-10-8-18(25)21-9-11-23)12-16(17)22-19(26)7-6-14-4-2-1-3-5-14/h1-5,15-17,24H,6-13H2,(H,21,25)(H,22,26)/t15-,16+,17+/m0/s1. The average molecular weight is 373 g/mol. The van der Waals surface area contributed by atoms with Crippen LogP contribution in [-0.4, -0.2) is 59.5 Å². The van der Waals surface area contributed by atoms with Crippen molar-refractivity contribution in [3.8, 4) is 0 Å². The van der Waals surface area contributed by atoms with Gasteiger partial charge < -0.3 is 20.6 Å². The maximum atomic E-state index is 12.7. The molecule has 1 aliphatic heterocycles. The summed E-state index contributed by atoms with van der Waals surface area (Å²) in [6.07, 6.45) is 1.38. The Morgan fingerprint density at radius 3 is 2.74 bits per heavy atom. The molecule has 0 spiro atoms. The van der Waals surface area contributed by atoms with Crippen molar-refractivity contribution < 1.29 is 19.5 Å². The Hall–Kier alpha value is -2.41. The minimum atomic E-state index is -0.716. The number of nitrogens with one attached hydrogen (secondary N) is 2. The molecule has 1 heterocycles. The number of benzene rings is 1. The summed E-state index contributed by atoms with van der Waals surface area (Å²) in [4.78, 5) is 38.0. The minimum Gasteiger partial charge on any atom is -0.391 e. The number of aliphatic hydroxyl groups is 1. The van der Waals surface area contributed by atoms with Crippen LogP contribution in [0.15, 0.2) is 30.3 Å². The fraction of sp³-hybridized carbons (Fsp3) is 0.550. The molecule has 1 saturated heterocycles. The lowest BCUT2D eigenvalue weighted by molar-refractivity contribution is -0.135. The molecule has 7 nitrogen and oxygen atoms in total. The molecular formula is C20H27N3O4. The largest absolute Gasteiger partial charge is 0.391 e. The number of carbonyl (C=O) groups is 3. The van der Waals surface area contributed by atoms with Gasteiger partial charge in [0.05, 0.1) is 12.1 Å². The zero-order chi connectivity index (χ0) is 19.2. The highest BCUT2D eigenvalue weighted by molar-refractivity contribution is 5.82. The summed E-state index contributed by atoms with van der Waals surface area (Å²) in [6.45, 7) is 1.36. The van der Waals surface area contributed by atoms with Crippen LogP contribution >= 0.6 is 0 Å². The number of nitrogens with zero attached hydrogens (tertiary/aromatic N) is 1. The first-order valence-electron chi connectivity index (χ1n) is 9.60. The summed E-state index contributed by atoms with van der Waals surface area (Å²) in [5.74, 6) is -0.500. The van der Waals surface area contributed by atoms with Crippen molar-refractivity contribution in [1.29, 1.82) is 0 Å². The molecule has 0 radical (unpaired) electrons. The molecule has 27 heavy (non-hydrogen) atoms. The van der Waals surface area contributed by atoms with E-state index in [1.165, 1.54) is 0 Å². The van der Waals surface area contributed by atoms with Crippen molar-refractivity contribution in [2.75, 3.05) is 19.6 Å². The highest BCUT2D eigenvalue weighted by Crippen LogP contribution is 2.28. The molecule has 2 aliphatic rings. The fourth-order valence-corrected chi connectivity index (χ4v) is 3.80. The van der Waals surface area contributed by atoms with Crippen molar-refractivity contribution in [3.05, 3.63) is 35.9 Å². The summed E-state index contributed by atoms with van der Waals surface area (Å²) in [7, 11) is 0. The van der Waals surface area contributed by atoms with Crippen LogP contribution < -0.4 is 10.6 Å². The molecule has 2 fully saturated rings. The van der Waals surface area contributed by atoms with Crippen molar-refractivity contribution in [3.63, 3.8) is 0 Å². The van der Waals surface area contributed by atoms with E-state index >= 15 is 0 Å². The summed E-state index contributed by atoms with van der Waals surface area (Å²) in [5, 5.41) is 15.9. The molecule has 3 amide bonds. The highest BCUT2D eigenvalue weighted by atomic mass is 16.3. The van der Waals surface area contributed by atoms with Crippen molar-refractivity contribution in [2.45, 2.75) is 44.2 Å². The van der Waals surface area contributed by atoms with Crippen LogP contribution in [-0.2, 0) is 20.8 Å². The van der Waals surface area contributed by atoms with Gasteiger partial charge in [0, 0.05) is 38.4 Å². The fourth-order valence-electron chi connectivity index (χ4n) is 3.80. The molecule has 0 bridgehead atoms. The Balaban J connectivity index is 1.47. The molecule has 1 saturated carbocycles. The number of carbonyl (C=O) groups excluding carboxylic acids is 3. The first-order chi connectivity index (χ1) is 13.0. The molecule has 1 aromatic carbocycles. The second-order valence-electron chi connectivity index (χ2n) is 7.32. The highest BCUT2D eigenvalue weighted by Gasteiger charge is 2.39. The van der Waals surface area contributed by atoms with Gasteiger partial charge in [-0.05, 0) is 24.8 Å². The van der Waals surface area contributed by atoms with Crippen LogP contribution in [0.4, 0.5) is 0 Å². The number of aliphatic hydroxyl groups excluding tert-OH is 1. The van der Waals surface area contributed by atoms with E-state index in [9.17, 15) is 19.5 Å².